The number of amides is 1. The molecule has 1 saturated heterocycles. The number of ether oxygens (including phenoxy) is 1. The van der Waals surface area contributed by atoms with Gasteiger partial charge >= 0.3 is 0 Å². The zero-order valence-corrected chi connectivity index (χ0v) is 12.9. The maximum absolute atomic E-state index is 11.7. The fourth-order valence-electron chi connectivity index (χ4n) is 1.97. The molecule has 1 heterocycles. The first-order valence-electron chi connectivity index (χ1n) is 6.75. The lowest BCUT2D eigenvalue weighted by Gasteiger charge is -2.26. The summed E-state index contributed by atoms with van der Waals surface area (Å²) in [5, 5.41) is 2.89. The van der Waals surface area contributed by atoms with Crippen LogP contribution >= 0.6 is 15.9 Å². The van der Waals surface area contributed by atoms with Crippen LogP contribution in [0.2, 0.25) is 0 Å². The molecule has 0 atom stereocenters. The van der Waals surface area contributed by atoms with E-state index in [-0.39, 0.29) is 5.91 Å². The van der Waals surface area contributed by atoms with E-state index < -0.39 is 0 Å². The van der Waals surface area contributed by atoms with Gasteiger partial charge in [-0.05, 0) is 23.8 Å². The number of hydrogen-bond donors (Lipinski definition) is 1. The topological polar surface area (TPSA) is 41.6 Å². The van der Waals surface area contributed by atoms with Gasteiger partial charge in [0.2, 0.25) is 5.91 Å². The fourth-order valence-corrected chi connectivity index (χ4v) is 2.23. The first-order valence-corrected chi connectivity index (χ1v) is 7.55. The van der Waals surface area contributed by atoms with E-state index in [9.17, 15) is 4.79 Å². The van der Waals surface area contributed by atoms with E-state index in [2.05, 4.69) is 26.1 Å². The smallest absolute Gasteiger partial charge is 0.244 e. The van der Waals surface area contributed by atoms with Gasteiger partial charge in [-0.3, -0.25) is 9.69 Å². The number of benzene rings is 1. The van der Waals surface area contributed by atoms with Gasteiger partial charge in [0.05, 0.1) is 13.2 Å². The summed E-state index contributed by atoms with van der Waals surface area (Å²) < 4.78 is 6.31. The molecule has 1 aromatic rings. The molecule has 0 bridgehead atoms. The first-order chi connectivity index (χ1) is 9.74. The van der Waals surface area contributed by atoms with Crippen molar-refractivity contribution < 1.29 is 9.53 Å². The monoisotopic (exact) mass is 338 g/mol. The number of hydrogen-bond acceptors (Lipinski definition) is 3. The molecular formula is C15H19BrN2O2. The molecule has 1 aromatic carbocycles. The summed E-state index contributed by atoms with van der Waals surface area (Å²) in [7, 11) is 0. The number of carbonyl (C=O) groups is 1. The Balaban J connectivity index is 1.68. The molecular weight excluding hydrogens is 320 g/mol. The van der Waals surface area contributed by atoms with E-state index >= 15 is 0 Å². The van der Waals surface area contributed by atoms with Crippen molar-refractivity contribution in [3.63, 3.8) is 0 Å². The lowest BCUT2D eigenvalue weighted by molar-refractivity contribution is -0.116. The van der Waals surface area contributed by atoms with Gasteiger partial charge in [0.15, 0.2) is 0 Å². The van der Waals surface area contributed by atoms with Crippen molar-refractivity contribution in [3.8, 4) is 0 Å². The van der Waals surface area contributed by atoms with E-state index in [0.29, 0.717) is 6.54 Å². The zero-order valence-electron chi connectivity index (χ0n) is 11.3. The second-order valence-electron chi connectivity index (χ2n) is 4.63. The molecule has 0 aliphatic carbocycles. The maximum atomic E-state index is 11.7. The van der Waals surface area contributed by atoms with Crippen molar-refractivity contribution in [2.45, 2.75) is 0 Å². The molecule has 1 N–H and O–H groups in total. The molecule has 0 unspecified atom stereocenters. The summed E-state index contributed by atoms with van der Waals surface area (Å²) in [4.78, 5) is 14.0. The quantitative estimate of drug-likeness (QED) is 0.834. The molecule has 0 radical (unpaired) electrons. The highest BCUT2D eigenvalue weighted by atomic mass is 79.9. The minimum atomic E-state index is -0.0545. The third kappa shape index (κ3) is 5.45. The summed E-state index contributed by atoms with van der Waals surface area (Å²) in [6, 6.07) is 7.83. The second-order valence-corrected chi connectivity index (χ2v) is 5.55. The largest absolute Gasteiger partial charge is 0.379 e. The lowest BCUT2D eigenvalue weighted by atomic mass is 10.2. The Hall–Kier alpha value is -1.17. The van der Waals surface area contributed by atoms with E-state index in [4.69, 9.17) is 4.74 Å². The third-order valence-corrected chi connectivity index (χ3v) is 3.66. The number of morpholine rings is 1. The summed E-state index contributed by atoms with van der Waals surface area (Å²) in [5.74, 6) is -0.0545. The highest BCUT2D eigenvalue weighted by Crippen LogP contribution is 2.11. The minimum Gasteiger partial charge on any atom is -0.379 e. The Morgan fingerprint density at radius 2 is 2.00 bits per heavy atom. The van der Waals surface area contributed by atoms with E-state index in [0.717, 1.165) is 42.9 Å². The van der Waals surface area contributed by atoms with Crippen molar-refractivity contribution in [2.75, 3.05) is 39.4 Å². The van der Waals surface area contributed by atoms with Gasteiger partial charge in [0.25, 0.3) is 0 Å². The predicted molar refractivity (Wildman–Crippen MR) is 83.4 cm³/mol. The van der Waals surface area contributed by atoms with Crippen LogP contribution in [0.4, 0.5) is 0 Å². The predicted octanol–water partition coefficient (Wildman–Crippen LogP) is 1.91. The molecule has 1 amide bonds. The molecule has 1 aliphatic rings. The maximum Gasteiger partial charge on any atom is 0.244 e. The molecule has 2 rings (SSSR count). The van der Waals surface area contributed by atoms with Crippen LogP contribution in [0.1, 0.15) is 5.56 Å². The Morgan fingerprint density at radius 1 is 1.30 bits per heavy atom. The summed E-state index contributed by atoms with van der Waals surface area (Å²) in [6.45, 7) is 5.02. The normalized spacial score (nSPS) is 16.4. The van der Waals surface area contributed by atoms with Crippen molar-refractivity contribution in [2.24, 2.45) is 0 Å². The van der Waals surface area contributed by atoms with Gasteiger partial charge in [0, 0.05) is 36.7 Å². The Bertz CT molecular complexity index is 453. The van der Waals surface area contributed by atoms with Crippen LogP contribution in [-0.2, 0) is 9.53 Å². The minimum absolute atomic E-state index is 0.0545. The van der Waals surface area contributed by atoms with E-state index in [1.54, 1.807) is 6.08 Å². The number of rotatable bonds is 5. The molecule has 4 nitrogen and oxygen atoms in total. The Morgan fingerprint density at radius 3 is 2.70 bits per heavy atom. The molecule has 1 aliphatic heterocycles. The first kappa shape index (κ1) is 15.2. The third-order valence-electron chi connectivity index (χ3n) is 3.13. The van der Waals surface area contributed by atoms with E-state index in [1.807, 2.05) is 30.3 Å². The molecule has 20 heavy (non-hydrogen) atoms. The van der Waals surface area contributed by atoms with Gasteiger partial charge in [-0.25, -0.2) is 0 Å². The fraction of sp³-hybridized carbons (Fsp3) is 0.400. The van der Waals surface area contributed by atoms with Crippen LogP contribution in [-0.4, -0.2) is 50.2 Å². The highest BCUT2D eigenvalue weighted by molar-refractivity contribution is 9.10. The molecule has 5 heteroatoms. The van der Waals surface area contributed by atoms with Gasteiger partial charge in [-0.1, -0.05) is 28.1 Å². The van der Waals surface area contributed by atoms with Crippen LogP contribution in [0.25, 0.3) is 6.08 Å². The van der Waals surface area contributed by atoms with Gasteiger partial charge in [-0.15, -0.1) is 0 Å². The average Bonchev–Trinajstić information content (AvgIpc) is 2.48. The summed E-state index contributed by atoms with van der Waals surface area (Å²) >= 11 is 3.38. The Labute approximate surface area is 127 Å². The zero-order chi connectivity index (χ0) is 14.2. The van der Waals surface area contributed by atoms with Crippen molar-refractivity contribution in [1.82, 2.24) is 10.2 Å². The number of halogens is 1. The van der Waals surface area contributed by atoms with Gasteiger partial charge in [-0.2, -0.15) is 0 Å². The van der Waals surface area contributed by atoms with Crippen LogP contribution in [0.5, 0.6) is 0 Å². The highest BCUT2D eigenvalue weighted by Gasteiger charge is 2.09. The summed E-state index contributed by atoms with van der Waals surface area (Å²) in [5.41, 5.74) is 1.01. The second kappa shape index (κ2) is 8.19. The van der Waals surface area contributed by atoms with Crippen LogP contribution in [0.15, 0.2) is 34.8 Å². The molecule has 0 aromatic heterocycles. The number of carbonyl (C=O) groups excluding carboxylic acids is 1. The van der Waals surface area contributed by atoms with Crippen molar-refractivity contribution >= 4 is 27.9 Å². The Kier molecular flexibility index (Phi) is 6.24. The number of nitrogens with one attached hydrogen (secondary N) is 1. The van der Waals surface area contributed by atoms with Crippen molar-refractivity contribution in [1.29, 1.82) is 0 Å². The standard InChI is InChI=1S/C15H19BrN2O2/c16-14-4-1-13(2-5-14)3-6-15(19)17-7-8-18-9-11-20-12-10-18/h1-6H,7-12H2,(H,17,19). The van der Waals surface area contributed by atoms with Crippen molar-refractivity contribution in [3.05, 3.63) is 40.4 Å². The molecule has 108 valence electrons. The van der Waals surface area contributed by atoms with Crippen LogP contribution in [0.3, 0.4) is 0 Å². The van der Waals surface area contributed by atoms with Gasteiger partial charge in [0.1, 0.15) is 0 Å². The van der Waals surface area contributed by atoms with E-state index in [1.165, 1.54) is 0 Å². The number of nitrogens with zero attached hydrogens (tertiary/aromatic N) is 1. The van der Waals surface area contributed by atoms with Crippen LogP contribution in [0, 0.1) is 0 Å². The van der Waals surface area contributed by atoms with Crippen LogP contribution < -0.4 is 5.32 Å². The lowest BCUT2D eigenvalue weighted by Crippen LogP contribution is -2.41. The molecule has 1 fully saturated rings. The summed E-state index contributed by atoms with van der Waals surface area (Å²) in [6.07, 6.45) is 3.39. The average molecular weight is 339 g/mol. The SMILES string of the molecule is O=C(C=Cc1ccc(Br)cc1)NCCN1CCOCC1. The molecule has 0 spiro atoms. The van der Waals surface area contributed by atoms with Gasteiger partial charge < -0.3 is 10.1 Å². The molecule has 0 saturated carbocycles.